The van der Waals surface area contributed by atoms with Crippen LogP contribution in [0.3, 0.4) is 0 Å². The van der Waals surface area contributed by atoms with Gasteiger partial charge in [0, 0.05) is 36.3 Å². The van der Waals surface area contributed by atoms with E-state index in [1.807, 2.05) is 30.0 Å². The molecule has 142 valence electrons. The fraction of sp³-hybridized carbons (Fsp3) is 0.238. The molecule has 2 N–H and O–H groups in total. The molecule has 0 aliphatic carbocycles. The van der Waals surface area contributed by atoms with Gasteiger partial charge >= 0.3 is 0 Å². The zero-order valence-electron chi connectivity index (χ0n) is 15.7. The number of hydrogen-bond acceptors (Lipinski definition) is 5. The molecule has 1 saturated heterocycles. The van der Waals surface area contributed by atoms with Crippen molar-refractivity contribution in [2.75, 3.05) is 18.8 Å². The summed E-state index contributed by atoms with van der Waals surface area (Å²) in [7, 11) is 0. The van der Waals surface area contributed by atoms with E-state index in [0.29, 0.717) is 30.9 Å². The molecule has 4 rings (SSSR count). The number of nitrogens with two attached hydrogens (primary N) is 1. The highest BCUT2D eigenvalue weighted by Crippen LogP contribution is 2.33. The first-order valence-electron chi connectivity index (χ1n) is 9.05. The average Bonchev–Trinajstić information content (AvgIpc) is 2.95. The largest absolute Gasteiger partial charge is 0.368 e. The lowest BCUT2D eigenvalue weighted by Gasteiger charge is -2.43. The zero-order chi connectivity index (χ0) is 20.0. The van der Waals surface area contributed by atoms with Crippen LogP contribution in [0.25, 0.3) is 17.3 Å². The Bertz CT molecular complexity index is 1020. The lowest BCUT2D eigenvalue weighted by molar-refractivity contribution is -0.132. The summed E-state index contributed by atoms with van der Waals surface area (Å²) in [6.45, 7) is 10.8. The van der Waals surface area contributed by atoms with Crippen molar-refractivity contribution < 1.29 is 9.59 Å². The van der Waals surface area contributed by atoms with Crippen LogP contribution in [0.5, 0.6) is 0 Å². The molecule has 7 nitrogen and oxygen atoms in total. The van der Waals surface area contributed by atoms with Gasteiger partial charge in [0.05, 0.1) is 17.4 Å². The number of aromatic nitrogens is 2. The molecule has 1 aromatic heterocycles. The van der Waals surface area contributed by atoms with Gasteiger partial charge in [-0.2, -0.15) is 0 Å². The van der Waals surface area contributed by atoms with Crippen molar-refractivity contribution in [2.45, 2.75) is 19.5 Å². The molecule has 2 amide bonds. The van der Waals surface area contributed by atoms with Crippen molar-refractivity contribution in [2.24, 2.45) is 0 Å². The van der Waals surface area contributed by atoms with Gasteiger partial charge < -0.3 is 15.5 Å². The number of carbonyl (C=O) groups is 2. The van der Waals surface area contributed by atoms with Crippen LogP contribution in [0.2, 0.25) is 0 Å². The summed E-state index contributed by atoms with van der Waals surface area (Å²) in [6, 6.07) is 5.79. The summed E-state index contributed by atoms with van der Waals surface area (Å²) in [5.41, 5.74) is 10.5. The summed E-state index contributed by atoms with van der Waals surface area (Å²) in [5.74, 6) is 0.0656. The molecule has 2 aliphatic rings. The van der Waals surface area contributed by atoms with Crippen LogP contribution >= 0.6 is 0 Å². The SMILES string of the molecule is C=CC(=O)N1CC(N2Cc3ccc(-c4nc(N)nc(C)c4C=C)cc3C2=O)C1. The summed E-state index contributed by atoms with van der Waals surface area (Å²) in [6.07, 6.45) is 3.00. The summed E-state index contributed by atoms with van der Waals surface area (Å²) < 4.78 is 0. The van der Waals surface area contributed by atoms with E-state index in [1.54, 1.807) is 11.0 Å². The van der Waals surface area contributed by atoms with Crippen molar-refractivity contribution in [1.82, 2.24) is 19.8 Å². The van der Waals surface area contributed by atoms with E-state index in [0.717, 1.165) is 22.4 Å². The van der Waals surface area contributed by atoms with Crippen LogP contribution in [0, 0.1) is 6.92 Å². The Balaban J connectivity index is 1.62. The van der Waals surface area contributed by atoms with Crippen molar-refractivity contribution >= 4 is 23.8 Å². The zero-order valence-corrected chi connectivity index (χ0v) is 15.7. The number of carbonyl (C=O) groups excluding carboxylic acids is 2. The van der Waals surface area contributed by atoms with Crippen molar-refractivity contribution in [3.05, 3.63) is 59.8 Å². The number of hydrogen-bond donors (Lipinski definition) is 1. The normalized spacial score (nSPS) is 16.0. The minimum atomic E-state index is -0.101. The third kappa shape index (κ3) is 2.76. The highest BCUT2D eigenvalue weighted by molar-refractivity contribution is 6.00. The molecule has 0 radical (unpaired) electrons. The molecule has 0 unspecified atom stereocenters. The summed E-state index contributed by atoms with van der Waals surface area (Å²) in [4.78, 5) is 36.7. The van der Waals surface area contributed by atoms with Crippen molar-refractivity contribution in [1.29, 1.82) is 0 Å². The topological polar surface area (TPSA) is 92.4 Å². The van der Waals surface area contributed by atoms with E-state index >= 15 is 0 Å². The van der Waals surface area contributed by atoms with Crippen LogP contribution in [-0.4, -0.2) is 50.7 Å². The Morgan fingerprint density at radius 3 is 2.71 bits per heavy atom. The fourth-order valence-electron chi connectivity index (χ4n) is 3.79. The fourth-order valence-corrected chi connectivity index (χ4v) is 3.79. The number of nitrogens with zero attached hydrogens (tertiary/aromatic N) is 4. The number of benzene rings is 1. The number of fused-ring (bicyclic) bond motifs is 1. The first kappa shape index (κ1) is 17.9. The molecule has 0 spiro atoms. The monoisotopic (exact) mass is 375 g/mol. The van der Waals surface area contributed by atoms with Gasteiger partial charge in [-0.25, -0.2) is 9.97 Å². The Morgan fingerprint density at radius 1 is 1.29 bits per heavy atom. The molecule has 0 atom stereocenters. The van der Waals surface area contributed by atoms with Gasteiger partial charge in [0.15, 0.2) is 0 Å². The maximum Gasteiger partial charge on any atom is 0.254 e. The summed E-state index contributed by atoms with van der Waals surface area (Å²) >= 11 is 0. The van der Waals surface area contributed by atoms with E-state index in [4.69, 9.17) is 5.73 Å². The van der Waals surface area contributed by atoms with Gasteiger partial charge in [0.25, 0.3) is 5.91 Å². The molecule has 2 aromatic rings. The molecule has 1 fully saturated rings. The van der Waals surface area contributed by atoms with Crippen molar-refractivity contribution in [3.8, 4) is 11.3 Å². The highest BCUT2D eigenvalue weighted by atomic mass is 16.2. The number of anilines is 1. The van der Waals surface area contributed by atoms with Gasteiger partial charge in [-0.3, -0.25) is 9.59 Å². The van der Waals surface area contributed by atoms with Crippen LogP contribution in [-0.2, 0) is 11.3 Å². The highest BCUT2D eigenvalue weighted by Gasteiger charge is 2.40. The van der Waals surface area contributed by atoms with Gasteiger partial charge in [-0.1, -0.05) is 31.4 Å². The molecule has 28 heavy (non-hydrogen) atoms. The second kappa shape index (κ2) is 6.60. The third-order valence-electron chi connectivity index (χ3n) is 5.36. The Labute approximate surface area is 163 Å². The maximum atomic E-state index is 13.0. The second-order valence-corrected chi connectivity index (χ2v) is 7.04. The predicted octanol–water partition coefficient (Wildman–Crippen LogP) is 2.03. The van der Waals surface area contributed by atoms with Gasteiger partial charge in [0.2, 0.25) is 11.9 Å². The van der Waals surface area contributed by atoms with Crippen LogP contribution in [0.15, 0.2) is 37.4 Å². The Morgan fingerprint density at radius 2 is 2.04 bits per heavy atom. The molecule has 3 heterocycles. The predicted molar refractivity (Wildman–Crippen MR) is 107 cm³/mol. The lowest BCUT2D eigenvalue weighted by Crippen LogP contribution is -2.60. The lowest BCUT2D eigenvalue weighted by atomic mass is 10.00. The second-order valence-electron chi connectivity index (χ2n) is 7.04. The average molecular weight is 375 g/mol. The molecule has 2 aliphatic heterocycles. The molecule has 0 bridgehead atoms. The van der Waals surface area contributed by atoms with Crippen LogP contribution < -0.4 is 5.73 Å². The molecule has 7 heteroatoms. The number of aryl methyl sites for hydroxylation is 1. The number of likely N-dealkylation sites (tertiary alicyclic amines) is 1. The maximum absolute atomic E-state index is 13.0. The first-order chi connectivity index (χ1) is 13.4. The molecular weight excluding hydrogens is 354 g/mol. The Hall–Kier alpha value is -3.48. The van der Waals surface area contributed by atoms with E-state index in [1.165, 1.54) is 6.08 Å². The quantitative estimate of drug-likeness (QED) is 0.826. The minimum absolute atomic E-state index is 0.0218. The number of amides is 2. The van der Waals surface area contributed by atoms with Gasteiger partial charge in [-0.05, 0) is 24.6 Å². The van der Waals surface area contributed by atoms with E-state index in [2.05, 4.69) is 23.1 Å². The standard InChI is InChI=1S/C21H21N5O2/c1-4-16-12(3)23-21(22)24-19(16)13-6-7-14-9-26(20(28)17(14)8-13)15-10-25(11-15)18(27)5-2/h4-8,15H,1-2,9-11H2,3H3,(H2,22,23,24). The van der Waals surface area contributed by atoms with Crippen LogP contribution in [0.1, 0.15) is 27.2 Å². The molecule has 1 aromatic carbocycles. The smallest absolute Gasteiger partial charge is 0.254 e. The Kier molecular flexibility index (Phi) is 4.22. The summed E-state index contributed by atoms with van der Waals surface area (Å²) in [5, 5.41) is 0. The van der Waals surface area contributed by atoms with Crippen molar-refractivity contribution in [3.63, 3.8) is 0 Å². The number of nitrogen functional groups attached to an aromatic ring is 1. The third-order valence-corrected chi connectivity index (χ3v) is 5.36. The van der Waals surface area contributed by atoms with E-state index in [9.17, 15) is 9.59 Å². The number of rotatable bonds is 4. The minimum Gasteiger partial charge on any atom is -0.368 e. The van der Waals surface area contributed by atoms with Gasteiger partial charge in [-0.15, -0.1) is 0 Å². The van der Waals surface area contributed by atoms with E-state index in [-0.39, 0.29) is 23.8 Å². The van der Waals surface area contributed by atoms with Gasteiger partial charge in [0.1, 0.15) is 0 Å². The molecule has 0 saturated carbocycles. The first-order valence-corrected chi connectivity index (χ1v) is 9.05. The molecular formula is C21H21N5O2. The van der Waals surface area contributed by atoms with E-state index < -0.39 is 0 Å². The van der Waals surface area contributed by atoms with Crippen LogP contribution in [0.4, 0.5) is 5.95 Å².